The third-order valence-electron chi connectivity index (χ3n) is 2.91. The molecule has 0 aliphatic rings. The first kappa shape index (κ1) is 16.5. The van der Waals surface area contributed by atoms with Crippen LogP contribution < -0.4 is 5.32 Å². The van der Waals surface area contributed by atoms with Crippen molar-refractivity contribution in [3.63, 3.8) is 0 Å². The molecule has 0 aromatic carbocycles. The van der Waals surface area contributed by atoms with Gasteiger partial charge in [-0.05, 0) is 14.0 Å². The second-order valence-corrected chi connectivity index (χ2v) is 5.47. The molecule has 0 radical (unpaired) electrons. The summed E-state index contributed by atoms with van der Waals surface area (Å²) in [5, 5.41) is 6.38. The van der Waals surface area contributed by atoms with Crippen molar-refractivity contribution in [3.8, 4) is 0 Å². The Bertz CT molecular complexity index is 346. The molecule has 0 fully saturated rings. The average Bonchev–Trinajstić information content (AvgIpc) is 2.82. The summed E-state index contributed by atoms with van der Waals surface area (Å²) in [7, 11) is 5.40. The van der Waals surface area contributed by atoms with Crippen molar-refractivity contribution in [1.29, 1.82) is 0 Å². The summed E-state index contributed by atoms with van der Waals surface area (Å²) in [4.78, 5) is 6.96. The quantitative estimate of drug-likeness (QED) is 0.704. The maximum Gasteiger partial charge on any atom is 0.107 e. The average molecular weight is 287 g/mol. The van der Waals surface area contributed by atoms with Gasteiger partial charge in [0.25, 0.3) is 0 Å². The van der Waals surface area contributed by atoms with Crippen LogP contribution in [0.5, 0.6) is 0 Å². The van der Waals surface area contributed by atoms with Crippen molar-refractivity contribution >= 4 is 11.3 Å². The van der Waals surface area contributed by atoms with Gasteiger partial charge in [-0.3, -0.25) is 4.90 Å². The molecule has 5 nitrogen and oxygen atoms in total. The van der Waals surface area contributed by atoms with E-state index in [0.29, 0.717) is 6.04 Å². The van der Waals surface area contributed by atoms with Gasteiger partial charge < -0.3 is 14.8 Å². The van der Waals surface area contributed by atoms with Gasteiger partial charge in [0.05, 0.1) is 18.9 Å². The van der Waals surface area contributed by atoms with Gasteiger partial charge >= 0.3 is 0 Å². The molecular formula is C13H25N3O2S. The third kappa shape index (κ3) is 5.97. The van der Waals surface area contributed by atoms with Crippen molar-refractivity contribution in [1.82, 2.24) is 15.2 Å². The number of ether oxygens (including phenoxy) is 2. The van der Waals surface area contributed by atoms with E-state index in [1.165, 1.54) is 0 Å². The Hall–Kier alpha value is -0.530. The van der Waals surface area contributed by atoms with Crippen LogP contribution in [0.25, 0.3) is 0 Å². The van der Waals surface area contributed by atoms with Crippen LogP contribution in [0.2, 0.25) is 0 Å². The van der Waals surface area contributed by atoms with Crippen LogP contribution in [-0.4, -0.2) is 57.0 Å². The minimum atomic E-state index is 0.356. The first-order chi connectivity index (χ1) is 9.21. The van der Waals surface area contributed by atoms with Crippen LogP contribution in [0, 0.1) is 0 Å². The molecule has 1 unspecified atom stereocenters. The molecule has 0 amide bonds. The minimum absolute atomic E-state index is 0.356. The number of methoxy groups -OCH3 is 2. The predicted molar refractivity (Wildman–Crippen MR) is 78.5 cm³/mol. The lowest BCUT2D eigenvalue weighted by molar-refractivity contribution is 0.0698. The molecule has 6 heteroatoms. The van der Waals surface area contributed by atoms with Crippen LogP contribution in [0.4, 0.5) is 0 Å². The lowest BCUT2D eigenvalue weighted by Crippen LogP contribution is -2.38. The summed E-state index contributed by atoms with van der Waals surface area (Å²) >= 11 is 1.70. The molecule has 110 valence electrons. The monoisotopic (exact) mass is 287 g/mol. The van der Waals surface area contributed by atoms with Crippen molar-refractivity contribution in [3.05, 3.63) is 16.1 Å². The Morgan fingerprint density at radius 2 is 2.21 bits per heavy atom. The molecule has 0 aliphatic carbocycles. The van der Waals surface area contributed by atoms with Gasteiger partial charge in [0, 0.05) is 45.3 Å². The van der Waals surface area contributed by atoms with E-state index in [2.05, 4.69) is 27.5 Å². The first-order valence-electron chi connectivity index (χ1n) is 6.51. The summed E-state index contributed by atoms with van der Waals surface area (Å²) in [5.41, 5.74) is 1.12. The van der Waals surface area contributed by atoms with Crippen molar-refractivity contribution in [2.75, 3.05) is 41.0 Å². The van der Waals surface area contributed by atoms with Gasteiger partial charge in [0.1, 0.15) is 5.01 Å². The van der Waals surface area contributed by atoms with Crippen LogP contribution in [0.1, 0.15) is 17.6 Å². The number of rotatable bonds is 10. The Labute approximate surface area is 119 Å². The second kappa shape index (κ2) is 9.39. The number of nitrogens with one attached hydrogen (secondary N) is 1. The maximum absolute atomic E-state index is 5.24. The van der Waals surface area contributed by atoms with E-state index in [0.717, 1.165) is 43.5 Å². The van der Waals surface area contributed by atoms with Gasteiger partial charge in [-0.15, -0.1) is 11.3 Å². The van der Waals surface area contributed by atoms with Gasteiger partial charge in [0.15, 0.2) is 0 Å². The highest BCUT2D eigenvalue weighted by Crippen LogP contribution is 2.13. The molecule has 1 N–H and O–H groups in total. The molecule has 1 aromatic heterocycles. The van der Waals surface area contributed by atoms with Crippen molar-refractivity contribution in [2.45, 2.75) is 26.1 Å². The van der Waals surface area contributed by atoms with Crippen LogP contribution in [0.3, 0.4) is 0 Å². The fourth-order valence-electron chi connectivity index (χ4n) is 1.87. The van der Waals surface area contributed by atoms with E-state index in [-0.39, 0.29) is 0 Å². The van der Waals surface area contributed by atoms with E-state index in [1.807, 2.05) is 7.05 Å². The molecule has 0 spiro atoms. The number of hydrogen-bond acceptors (Lipinski definition) is 6. The highest BCUT2D eigenvalue weighted by atomic mass is 32.1. The fourth-order valence-corrected chi connectivity index (χ4v) is 2.67. The molecule has 0 bridgehead atoms. The highest BCUT2D eigenvalue weighted by molar-refractivity contribution is 7.09. The topological polar surface area (TPSA) is 46.6 Å². The Balaban J connectivity index is 2.58. The zero-order valence-corrected chi connectivity index (χ0v) is 13.1. The van der Waals surface area contributed by atoms with Gasteiger partial charge in [-0.1, -0.05) is 0 Å². The molecule has 1 heterocycles. The zero-order chi connectivity index (χ0) is 14.1. The van der Waals surface area contributed by atoms with Gasteiger partial charge in [-0.2, -0.15) is 0 Å². The zero-order valence-electron chi connectivity index (χ0n) is 12.3. The number of hydrogen-bond donors (Lipinski definition) is 1. The van der Waals surface area contributed by atoms with Crippen LogP contribution >= 0.6 is 11.3 Å². The molecule has 0 saturated carbocycles. The number of aromatic nitrogens is 1. The highest BCUT2D eigenvalue weighted by Gasteiger charge is 2.15. The molecule has 0 aliphatic heterocycles. The summed E-state index contributed by atoms with van der Waals surface area (Å²) in [6.45, 7) is 6.17. The van der Waals surface area contributed by atoms with E-state index in [1.54, 1.807) is 25.6 Å². The standard InChI is InChI=1S/C13H25N3O2S/c1-11(9-18-4)16(5-6-17-3)8-12-10-19-13(15-12)7-14-2/h10-11,14H,5-9H2,1-4H3. The Morgan fingerprint density at radius 1 is 1.42 bits per heavy atom. The SMILES string of the molecule is CNCc1nc(CN(CCOC)C(C)COC)cs1. The lowest BCUT2D eigenvalue weighted by atomic mass is 10.2. The summed E-state index contributed by atoms with van der Waals surface area (Å²) < 4.78 is 10.4. The van der Waals surface area contributed by atoms with Gasteiger partial charge in [0.2, 0.25) is 0 Å². The Kier molecular flexibility index (Phi) is 8.16. The molecule has 1 rings (SSSR count). The predicted octanol–water partition coefficient (Wildman–Crippen LogP) is 1.35. The van der Waals surface area contributed by atoms with E-state index < -0.39 is 0 Å². The second-order valence-electron chi connectivity index (χ2n) is 4.53. The smallest absolute Gasteiger partial charge is 0.107 e. The van der Waals surface area contributed by atoms with E-state index in [9.17, 15) is 0 Å². The third-order valence-corrected chi connectivity index (χ3v) is 3.80. The normalized spacial score (nSPS) is 13.1. The summed E-state index contributed by atoms with van der Waals surface area (Å²) in [6, 6.07) is 0.356. The van der Waals surface area contributed by atoms with Crippen LogP contribution in [-0.2, 0) is 22.6 Å². The number of thiazole rings is 1. The maximum atomic E-state index is 5.24. The van der Waals surface area contributed by atoms with Crippen molar-refractivity contribution < 1.29 is 9.47 Å². The van der Waals surface area contributed by atoms with Gasteiger partial charge in [-0.25, -0.2) is 4.98 Å². The first-order valence-corrected chi connectivity index (χ1v) is 7.39. The molecular weight excluding hydrogens is 262 g/mol. The molecule has 0 saturated heterocycles. The summed E-state index contributed by atoms with van der Waals surface area (Å²) in [5.74, 6) is 0. The molecule has 1 atom stereocenters. The van der Waals surface area contributed by atoms with Crippen molar-refractivity contribution in [2.24, 2.45) is 0 Å². The summed E-state index contributed by atoms with van der Waals surface area (Å²) in [6.07, 6.45) is 0. The lowest BCUT2D eigenvalue weighted by Gasteiger charge is -2.27. The number of nitrogens with zero attached hydrogens (tertiary/aromatic N) is 2. The van der Waals surface area contributed by atoms with Crippen LogP contribution in [0.15, 0.2) is 5.38 Å². The van der Waals surface area contributed by atoms with E-state index >= 15 is 0 Å². The van der Waals surface area contributed by atoms with E-state index in [4.69, 9.17) is 9.47 Å². The molecule has 1 aromatic rings. The fraction of sp³-hybridized carbons (Fsp3) is 0.769. The largest absolute Gasteiger partial charge is 0.383 e. The Morgan fingerprint density at radius 3 is 2.84 bits per heavy atom. The molecule has 19 heavy (non-hydrogen) atoms. The minimum Gasteiger partial charge on any atom is -0.383 e.